The fourth-order valence-electron chi connectivity index (χ4n) is 9.21. The lowest BCUT2D eigenvalue weighted by Gasteiger charge is -2.18. The third-order valence-corrected chi connectivity index (χ3v) is 14.1. The van der Waals surface area contributed by atoms with E-state index in [1.54, 1.807) is 0 Å². The molecular weight excluding hydrogens is 949 g/mol. The molecule has 0 aliphatic rings. The van der Waals surface area contributed by atoms with Crippen LogP contribution < -0.4 is 0 Å². The summed E-state index contributed by atoms with van der Waals surface area (Å²) in [5.41, 5.74) is 0. The quantitative estimate of drug-likeness (QED) is 0.0261. The maximum absolute atomic E-state index is 12.9. The van der Waals surface area contributed by atoms with Gasteiger partial charge in [0.1, 0.15) is 13.2 Å². The van der Waals surface area contributed by atoms with Gasteiger partial charge in [-0.05, 0) is 89.9 Å². The first-order valence-corrected chi connectivity index (χ1v) is 32.7. The summed E-state index contributed by atoms with van der Waals surface area (Å²) in [5, 5.41) is 0. The predicted octanol–water partition coefficient (Wildman–Crippen LogP) is 22.4. The zero-order valence-electron chi connectivity index (χ0n) is 50.7. The molecule has 0 aromatic rings. The lowest BCUT2D eigenvalue weighted by atomic mass is 10.0. The lowest BCUT2D eigenvalue weighted by molar-refractivity contribution is -0.166. The number of carbonyl (C=O) groups excluding carboxylic acids is 3. The van der Waals surface area contributed by atoms with Crippen molar-refractivity contribution < 1.29 is 28.6 Å². The third-order valence-electron chi connectivity index (χ3n) is 14.1. The molecule has 0 spiro atoms. The molecule has 1 unspecified atom stereocenters. The Morgan fingerprint density at radius 1 is 0.273 bits per heavy atom. The van der Waals surface area contributed by atoms with E-state index in [9.17, 15) is 14.4 Å². The van der Waals surface area contributed by atoms with Gasteiger partial charge in [-0.15, -0.1) is 0 Å². The molecule has 0 saturated carbocycles. The molecule has 0 heterocycles. The van der Waals surface area contributed by atoms with Crippen molar-refractivity contribution in [2.75, 3.05) is 13.2 Å². The number of hydrogen-bond donors (Lipinski definition) is 0. The number of ether oxygens (including phenoxy) is 3. The van der Waals surface area contributed by atoms with E-state index in [-0.39, 0.29) is 31.6 Å². The van der Waals surface area contributed by atoms with Crippen LogP contribution in [0.15, 0.2) is 97.2 Å². The topological polar surface area (TPSA) is 78.9 Å². The van der Waals surface area contributed by atoms with Gasteiger partial charge in [-0.1, -0.05) is 304 Å². The SMILES string of the molecule is CC/C=C\C/C=C\C/C=C\C/C=C\C/C=C\C/C=C\CCC(=O)OC(COC(=O)CCCCCCCCC/C=C\C/C=C\CCCCCC)COC(=O)CCCCCCCCCCCCCCCCCCCCCCCC. The summed E-state index contributed by atoms with van der Waals surface area (Å²) in [6.45, 7) is 6.48. The molecule has 6 nitrogen and oxygen atoms in total. The highest BCUT2D eigenvalue weighted by Crippen LogP contribution is 2.17. The van der Waals surface area contributed by atoms with Crippen molar-refractivity contribution in [1.82, 2.24) is 0 Å². The highest BCUT2D eigenvalue weighted by molar-refractivity contribution is 5.71. The maximum Gasteiger partial charge on any atom is 0.306 e. The maximum atomic E-state index is 12.9. The van der Waals surface area contributed by atoms with Crippen molar-refractivity contribution in [3.63, 3.8) is 0 Å². The first-order valence-electron chi connectivity index (χ1n) is 32.7. The molecule has 442 valence electrons. The van der Waals surface area contributed by atoms with Crippen LogP contribution in [0.4, 0.5) is 0 Å². The molecule has 6 heteroatoms. The molecule has 0 N–H and O–H groups in total. The molecule has 0 aromatic heterocycles. The Balaban J connectivity index is 4.45. The van der Waals surface area contributed by atoms with Crippen molar-refractivity contribution in [3.05, 3.63) is 97.2 Å². The van der Waals surface area contributed by atoms with E-state index in [1.807, 2.05) is 6.08 Å². The summed E-state index contributed by atoms with van der Waals surface area (Å²) in [5.74, 6) is -0.989. The average Bonchev–Trinajstić information content (AvgIpc) is 3.43. The Bertz CT molecular complexity index is 1510. The van der Waals surface area contributed by atoms with Crippen LogP contribution >= 0.6 is 0 Å². The minimum absolute atomic E-state index is 0.108. The van der Waals surface area contributed by atoms with Gasteiger partial charge in [-0.3, -0.25) is 14.4 Å². The number of allylic oxidation sites excluding steroid dienone is 16. The molecule has 0 aliphatic heterocycles. The first-order chi connectivity index (χ1) is 38.0. The molecule has 0 saturated heterocycles. The van der Waals surface area contributed by atoms with Gasteiger partial charge in [0.25, 0.3) is 0 Å². The third kappa shape index (κ3) is 63.0. The van der Waals surface area contributed by atoms with Crippen LogP contribution in [0.25, 0.3) is 0 Å². The standard InChI is InChI=1S/C71H122O6/c1-4-7-10-13-16-19-22-25-28-31-34-35-36-38-40-43-46-49-52-55-58-61-64-70(73)76-67-68(66-75-69(72)63-60-57-54-51-48-45-42-39-33-30-27-24-21-18-15-12-9-6-3)77-71(74)65-62-59-56-53-50-47-44-41-37-32-29-26-23-20-17-14-11-8-5-2/h8,11,17,20-21,24,26,29-30,33,37,41,47,50,56,59,68H,4-7,9-10,12-16,18-19,22-23,25,27-28,31-32,34-36,38-40,42-46,48-49,51-55,57-58,60-67H2,1-3H3/b11-8-,20-17-,24-21-,29-26-,33-30-,41-37-,50-47-,59-56-. The van der Waals surface area contributed by atoms with E-state index in [4.69, 9.17) is 14.2 Å². The molecule has 0 amide bonds. The van der Waals surface area contributed by atoms with Gasteiger partial charge in [0.15, 0.2) is 6.10 Å². The number of esters is 3. The van der Waals surface area contributed by atoms with Crippen molar-refractivity contribution in [3.8, 4) is 0 Å². The molecule has 0 rings (SSSR count). The van der Waals surface area contributed by atoms with E-state index in [0.29, 0.717) is 19.3 Å². The van der Waals surface area contributed by atoms with Crippen LogP contribution in [-0.4, -0.2) is 37.2 Å². The van der Waals surface area contributed by atoms with E-state index in [1.165, 1.54) is 180 Å². The molecule has 77 heavy (non-hydrogen) atoms. The zero-order valence-corrected chi connectivity index (χ0v) is 50.7. The second-order valence-corrected chi connectivity index (χ2v) is 21.6. The van der Waals surface area contributed by atoms with Gasteiger partial charge in [0.2, 0.25) is 0 Å². The second-order valence-electron chi connectivity index (χ2n) is 21.6. The number of unbranched alkanes of at least 4 members (excludes halogenated alkanes) is 32. The van der Waals surface area contributed by atoms with E-state index in [0.717, 1.165) is 89.9 Å². The Morgan fingerprint density at radius 2 is 0.532 bits per heavy atom. The van der Waals surface area contributed by atoms with Gasteiger partial charge < -0.3 is 14.2 Å². The molecule has 0 aliphatic carbocycles. The second kappa shape index (κ2) is 64.9. The monoisotopic (exact) mass is 1070 g/mol. The Labute approximate surface area is 477 Å². The van der Waals surface area contributed by atoms with Gasteiger partial charge in [0, 0.05) is 19.3 Å². The Kier molecular flexibility index (Phi) is 61.8. The highest BCUT2D eigenvalue weighted by atomic mass is 16.6. The summed E-state index contributed by atoms with van der Waals surface area (Å²) >= 11 is 0. The van der Waals surface area contributed by atoms with Crippen molar-refractivity contribution in [2.45, 2.75) is 322 Å². The van der Waals surface area contributed by atoms with Gasteiger partial charge in [0.05, 0.1) is 0 Å². The van der Waals surface area contributed by atoms with Gasteiger partial charge in [-0.2, -0.15) is 0 Å². The number of carbonyl (C=O) groups is 3. The molecular formula is C71H122O6. The molecule has 0 bridgehead atoms. The van der Waals surface area contributed by atoms with Gasteiger partial charge >= 0.3 is 17.9 Å². The van der Waals surface area contributed by atoms with E-state index >= 15 is 0 Å². The molecule has 1 atom stereocenters. The Hall–Kier alpha value is -3.67. The molecule has 0 fully saturated rings. The van der Waals surface area contributed by atoms with Crippen LogP contribution in [0.3, 0.4) is 0 Å². The van der Waals surface area contributed by atoms with Crippen LogP contribution in [0.5, 0.6) is 0 Å². The fourth-order valence-corrected chi connectivity index (χ4v) is 9.21. The van der Waals surface area contributed by atoms with Crippen LogP contribution in [0.2, 0.25) is 0 Å². The average molecular weight is 1070 g/mol. The first kappa shape index (κ1) is 73.3. The van der Waals surface area contributed by atoms with Crippen molar-refractivity contribution in [2.24, 2.45) is 0 Å². The van der Waals surface area contributed by atoms with E-state index < -0.39 is 12.1 Å². The summed E-state index contributed by atoms with van der Waals surface area (Å²) in [4.78, 5) is 38.3. The summed E-state index contributed by atoms with van der Waals surface area (Å²) in [7, 11) is 0. The zero-order chi connectivity index (χ0) is 55.7. The lowest BCUT2D eigenvalue weighted by Crippen LogP contribution is -2.30. The summed E-state index contributed by atoms with van der Waals surface area (Å²) < 4.78 is 16.9. The van der Waals surface area contributed by atoms with Crippen LogP contribution in [-0.2, 0) is 28.6 Å². The largest absolute Gasteiger partial charge is 0.462 e. The highest BCUT2D eigenvalue weighted by Gasteiger charge is 2.19. The molecule has 0 radical (unpaired) electrons. The number of rotatable bonds is 59. The fraction of sp³-hybridized carbons (Fsp3) is 0.732. The minimum Gasteiger partial charge on any atom is -0.462 e. The Morgan fingerprint density at radius 3 is 0.857 bits per heavy atom. The summed E-state index contributed by atoms with van der Waals surface area (Å²) in [6.07, 6.45) is 87.1. The van der Waals surface area contributed by atoms with Crippen molar-refractivity contribution in [1.29, 1.82) is 0 Å². The van der Waals surface area contributed by atoms with Crippen molar-refractivity contribution >= 4 is 17.9 Å². The summed E-state index contributed by atoms with van der Waals surface area (Å²) in [6, 6.07) is 0. The normalized spacial score (nSPS) is 12.7. The smallest absolute Gasteiger partial charge is 0.306 e. The van der Waals surface area contributed by atoms with Gasteiger partial charge in [-0.25, -0.2) is 0 Å². The molecule has 0 aromatic carbocycles. The van der Waals surface area contributed by atoms with Crippen LogP contribution in [0.1, 0.15) is 316 Å². The predicted molar refractivity (Wildman–Crippen MR) is 334 cm³/mol. The minimum atomic E-state index is -0.822. The number of hydrogen-bond acceptors (Lipinski definition) is 6. The van der Waals surface area contributed by atoms with Crippen LogP contribution in [0, 0.1) is 0 Å². The van der Waals surface area contributed by atoms with E-state index in [2.05, 4.69) is 112 Å².